The molecule has 0 bridgehead atoms. The summed E-state index contributed by atoms with van der Waals surface area (Å²) in [6.45, 7) is 5.91. The molecule has 1 aromatic carbocycles. The van der Waals surface area contributed by atoms with E-state index in [0.29, 0.717) is 17.5 Å². The Hall–Kier alpha value is -2.90. The summed E-state index contributed by atoms with van der Waals surface area (Å²) in [6, 6.07) is 11.0. The molecule has 0 saturated carbocycles. The Balaban J connectivity index is 1.36. The van der Waals surface area contributed by atoms with E-state index in [4.69, 9.17) is 11.6 Å². The predicted octanol–water partition coefficient (Wildman–Crippen LogP) is 3.61. The number of anilines is 1. The van der Waals surface area contributed by atoms with Crippen molar-refractivity contribution in [2.24, 2.45) is 5.92 Å². The van der Waals surface area contributed by atoms with E-state index in [1.54, 1.807) is 27.5 Å². The van der Waals surface area contributed by atoms with Crippen LogP contribution in [0.15, 0.2) is 53.6 Å². The van der Waals surface area contributed by atoms with E-state index in [-0.39, 0.29) is 17.5 Å². The van der Waals surface area contributed by atoms with Crippen molar-refractivity contribution in [2.75, 3.05) is 18.4 Å². The van der Waals surface area contributed by atoms with Gasteiger partial charge in [-0.05, 0) is 62.6 Å². The van der Waals surface area contributed by atoms with Gasteiger partial charge in [-0.3, -0.25) is 18.8 Å². The highest BCUT2D eigenvalue weighted by Crippen LogP contribution is 2.20. The molecule has 1 fully saturated rings. The largest absolute Gasteiger partial charge is 0.334 e. The molecule has 3 aromatic rings. The minimum atomic E-state index is -0.0786. The van der Waals surface area contributed by atoms with Crippen LogP contribution >= 0.6 is 11.6 Å². The monoisotopic (exact) mass is 439 g/mol. The van der Waals surface area contributed by atoms with Gasteiger partial charge < -0.3 is 5.32 Å². The van der Waals surface area contributed by atoms with Gasteiger partial charge in [0.25, 0.3) is 0 Å². The molecular formula is C23H26ClN5O2. The number of pyridine rings is 1. The molecule has 162 valence electrons. The Morgan fingerprint density at radius 2 is 1.84 bits per heavy atom. The van der Waals surface area contributed by atoms with Crippen LogP contribution < -0.4 is 11.0 Å². The summed E-state index contributed by atoms with van der Waals surface area (Å²) in [7, 11) is 0. The second-order valence-electron chi connectivity index (χ2n) is 8.08. The molecule has 0 radical (unpaired) electrons. The van der Waals surface area contributed by atoms with Crippen LogP contribution in [0.25, 0.3) is 5.69 Å². The van der Waals surface area contributed by atoms with E-state index in [0.717, 1.165) is 42.9 Å². The molecule has 4 rings (SSSR count). The Bertz CT molecular complexity index is 1110. The smallest absolute Gasteiger partial charge is 0.310 e. The topological polar surface area (TPSA) is 72.2 Å². The van der Waals surface area contributed by atoms with Crippen molar-refractivity contribution in [3.63, 3.8) is 0 Å². The van der Waals surface area contributed by atoms with Crippen LogP contribution in [0.4, 0.5) is 5.82 Å². The van der Waals surface area contributed by atoms with E-state index in [1.165, 1.54) is 0 Å². The van der Waals surface area contributed by atoms with Gasteiger partial charge in [0.05, 0.1) is 12.4 Å². The van der Waals surface area contributed by atoms with Crippen LogP contribution in [-0.2, 0) is 11.5 Å². The predicted molar refractivity (Wildman–Crippen MR) is 122 cm³/mol. The maximum Gasteiger partial charge on any atom is 0.334 e. The van der Waals surface area contributed by atoms with Gasteiger partial charge >= 0.3 is 5.69 Å². The summed E-state index contributed by atoms with van der Waals surface area (Å²) in [6.07, 6.45) is 5.12. The number of likely N-dealkylation sites (tertiary alicyclic amines) is 1. The SMILES string of the molecule is Cc1ccc(NC(=O)C2CCN(Cn3cc(C)n(-c4ccc(Cl)cc4)c3=O)CC2)nc1. The molecule has 7 nitrogen and oxygen atoms in total. The molecular weight excluding hydrogens is 414 g/mol. The first-order valence-electron chi connectivity index (χ1n) is 10.4. The van der Waals surface area contributed by atoms with E-state index >= 15 is 0 Å². The third-order valence-electron chi connectivity index (χ3n) is 5.69. The van der Waals surface area contributed by atoms with Gasteiger partial charge in [-0.1, -0.05) is 17.7 Å². The summed E-state index contributed by atoms with van der Waals surface area (Å²) in [5, 5.41) is 3.55. The zero-order valence-electron chi connectivity index (χ0n) is 17.7. The normalized spacial score (nSPS) is 15.2. The molecule has 1 aliphatic heterocycles. The summed E-state index contributed by atoms with van der Waals surface area (Å²) in [5.74, 6) is 0.554. The van der Waals surface area contributed by atoms with Gasteiger partial charge in [-0.2, -0.15) is 0 Å². The molecule has 3 heterocycles. The zero-order valence-corrected chi connectivity index (χ0v) is 18.5. The van der Waals surface area contributed by atoms with Crippen LogP contribution in [0.1, 0.15) is 24.1 Å². The van der Waals surface area contributed by atoms with Crippen molar-refractivity contribution in [1.29, 1.82) is 0 Å². The van der Waals surface area contributed by atoms with Gasteiger partial charge in [0, 0.05) is 42.1 Å². The van der Waals surface area contributed by atoms with E-state index in [9.17, 15) is 9.59 Å². The van der Waals surface area contributed by atoms with Crippen LogP contribution in [-0.4, -0.2) is 38.0 Å². The number of aromatic nitrogens is 3. The number of carbonyl (C=O) groups is 1. The Labute approximate surface area is 186 Å². The minimum absolute atomic E-state index is 0.0119. The quantitative estimate of drug-likeness (QED) is 0.659. The van der Waals surface area contributed by atoms with Crippen LogP contribution in [0, 0.1) is 19.8 Å². The number of rotatable bonds is 5. The maximum atomic E-state index is 12.9. The van der Waals surface area contributed by atoms with E-state index in [2.05, 4.69) is 15.2 Å². The summed E-state index contributed by atoms with van der Waals surface area (Å²) < 4.78 is 3.41. The lowest BCUT2D eigenvalue weighted by atomic mass is 9.96. The second kappa shape index (κ2) is 9.08. The molecule has 0 atom stereocenters. The summed E-state index contributed by atoms with van der Waals surface area (Å²) in [5.41, 5.74) is 2.64. The average Bonchev–Trinajstić information content (AvgIpc) is 3.04. The number of hydrogen-bond donors (Lipinski definition) is 1. The second-order valence-corrected chi connectivity index (χ2v) is 8.51. The highest BCUT2D eigenvalue weighted by Gasteiger charge is 2.26. The molecule has 1 saturated heterocycles. The number of nitrogens with zero attached hydrogens (tertiary/aromatic N) is 4. The Kier molecular flexibility index (Phi) is 6.25. The molecule has 0 aliphatic carbocycles. The molecule has 31 heavy (non-hydrogen) atoms. The molecule has 8 heteroatoms. The first kappa shape index (κ1) is 21.3. The van der Waals surface area contributed by atoms with Gasteiger partial charge in [0.15, 0.2) is 0 Å². The van der Waals surface area contributed by atoms with Crippen molar-refractivity contribution in [1.82, 2.24) is 19.0 Å². The number of nitrogens with one attached hydrogen (secondary N) is 1. The van der Waals surface area contributed by atoms with Crippen molar-refractivity contribution in [2.45, 2.75) is 33.4 Å². The summed E-state index contributed by atoms with van der Waals surface area (Å²) >= 11 is 5.97. The lowest BCUT2D eigenvalue weighted by Gasteiger charge is -2.31. The number of halogens is 1. The highest BCUT2D eigenvalue weighted by atomic mass is 35.5. The molecule has 0 spiro atoms. The molecule has 1 N–H and O–H groups in total. The Morgan fingerprint density at radius 3 is 2.48 bits per heavy atom. The molecule has 0 unspecified atom stereocenters. The van der Waals surface area contributed by atoms with Crippen molar-refractivity contribution in [3.05, 3.63) is 75.6 Å². The molecule has 2 aromatic heterocycles. The summed E-state index contributed by atoms with van der Waals surface area (Å²) in [4.78, 5) is 32.0. The number of aryl methyl sites for hydroxylation is 2. The number of hydrogen-bond acceptors (Lipinski definition) is 4. The lowest BCUT2D eigenvalue weighted by molar-refractivity contribution is -0.121. The van der Waals surface area contributed by atoms with E-state index < -0.39 is 0 Å². The van der Waals surface area contributed by atoms with Crippen molar-refractivity contribution >= 4 is 23.3 Å². The minimum Gasteiger partial charge on any atom is -0.310 e. The fraction of sp³-hybridized carbons (Fsp3) is 0.348. The fourth-order valence-electron chi connectivity index (χ4n) is 3.95. The number of carbonyl (C=O) groups excluding carboxylic acids is 1. The van der Waals surface area contributed by atoms with Crippen LogP contribution in [0.5, 0.6) is 0 Å². The maximum absolute atomic E-state index is 12.9. The third-order valence-corrected chi connectivity index (χ3v) is 5.94. The number of benzene rings is 1. The van der Waals surface area contributed by atoms with Gasteiger partial charge in [0.2, 0.25) is 5.91 Å². The van der Waals surface area contributed by atoms with Gasteiger partial charge in [-0.15, -0.1) is 0 Å². The van der Waals surface area contributed by atoms with Crippen molar-refractivity contribution in [3.8, 4) is 5.69 Å². The average molecular weight is 440 g/mol. The van der Waals surface area contributed by atoms with Crippen LogP contribution in [0.3, 0.4) is 0 Å². The number of piperidine rings is 1. The van der Waals surface area contributed by atoms with Crippen LogP contribution in [0.2, 0.25) is 5.02 Å². The first-order valence-corrected chi connectivity index (χ1v) is 10.8. The Morgan fingerprint density at radius 1 is 1.13 bits per heavy atom. The van der Waals surface area contributed by atoms with Gasteiger partial charge in [0.1, 0.15) is 5.82 Å². The van der Waals surface area contributed by atoms with Crippen molar-refractivity contribution < 1.29 is 4.79 Å². The fourth-order valence-corrected chi connectivity index (χ4v) is 4.07. The highest BCUT2D eigenvalue weighted by molar-refractivity contribution is 6.30. The molecule has 1 amide bonds. The van der Waals surface area contributed by atoms with E-state index in [1.807, 2.05) is 44.3 Å². The standard InChI is InChI=1S/C23H26ClN5O2/c1-16-3-8-21(25-13-16)26-22(30)18-9-11-27(12-10-18)15-28-14-17(2)29(23(28)31)20-6-4-19(24)5-7-20/h3-8,13-14,18H,9-12,15H2,1-2H3,(H,25,26,30). The third kappa shape index (κ3) is 4.89. The number of imidazole rings is 1. The first-order chi connectivity index (χ1) is 14.9. The van der Waals surface area contributed by atoms with Gasteiger partial charge in [-0.25, -0.2) is 9.78 Å². The lowest BCUT2D eigenvalue weighted by Crippen LogP contribution is -2.40. The number of amides is 1. The molecule has 1 aliphatic rings. The zero-order chi connectivity index (χ0) is 22.0.